The summed E-state index contributed by atoms with van der Waals surface area (Å²) < 4.78 is 39.4. The summed E-state index contributed by atoms with van der Waals surface area (Å²) in [5, 5.41) is 25.0. The smallest absolute Gasteiger partial charge is 0.416 e. The van der Waals surface area contributed by atoms with Gasteiger partial charge < -0.3 is 20.4 Å². The number of thiazole rings is 1. The van der Waals surface area contributed by atoms with Gasteiger partial charge in [-0.15, -0.1) is 11.3 Å². The van der Waals surface area contributed by atoms with Crippen molar-refractivity contribution in [1.82, 2.24) is 10.3 Å². The number of rotatable bonds is 13. The van der Waals surface area contributed by atoms with E-state index < -0.39 is 34.9 Å². The maximum Gasteiger partial charge on any atom is 0.416 e. The van der Waals surface area contributed by atoms with Gasteiger partial charge in [-0.05, 0) is 79.3 Å². The minimum absolute atomic E-state index is 0.0534. The number of unbranched alkanes of at least 4 members (excludes halogenated alkanes) is 2. The molecule has 8 nitrogen and oxygen atoms in total. The predicted octanol–water partition coefficient (Wildman–Crippen LogP) is 9.20. The summed E-state index contributed by atoms with van der Waals surface area (Å²) in [5.41, 5.74) is 0.420. The number of nitrogens with one attached hydrogen (secondary N) is 1. The van der Waals surface area contributed by atoms with Crippen molar-refractivity contribution in [3.63, 3.8) is 0 Å². The molecule has 2 amide bonds. The molecule has 1 saturated carbocycles. The van der Waals surface area contributed by atoms with Crippen LogP contribution in [0.1, 0.15) is 101 Å². The topological polar surface area (TPSA) is 120 Å². The zero-order valence-corrected chi connectivity index (χ0v) is 28.5. The Balaban J connectivity index is 1.25. The van der Waals surface area contributed by atoms with Crippen LogP contribution in [0.5, 0.6) is 5.75 Å². The fraction of sp³-hybridized carbons (Fsp3) is 0.368. The molecule has 0 spiro atoms. The number of carbonyl (C=O) groups is 3. The van der Waals surface area contributed by atoms with Crippen LogP contribution in [0.15, 0.2) is 72.1 Å². The van der Waals surface area contributed by atoms with Crippen LogP contribution in [0.2, 0.25) is 0 Å². The van der Waals surface area contributed by atoms with Crippen molar-refractivity contribution in [2.24, 2.45) is 11.8 Å². The summed E-state index contributed by atoms with van der Waals surface area (Å²) in [7, 11) is 0. The highest BCUT2D eigenvalue weighted by molar-refractivity contribution is 7.13. The molecule has 1 aliphatic rings. The van der Waals surface area contributed by atoms with Gasteiger partial charge in [-0.25, -0.2) is 9.78 Å². The SMILES string of the molecule is CCCCCC1CCC(CNC(=O)c2ccc(-c3nc(CN(C(=O)c4ccc(C(F)(F)F)cc4)c4ccc(O)c(C(=O)O)c4)cs3)cc2)CC1. The first-order valence-corrected chi connectivity index (χ1v) is 17.7. The Morgan fingerprint density at radius 1 is 0.920 bits per heavy atom. The molecule has 1 aromatic heterocycles. The van der Waals surface area contributed by atoms with Crippen molar-refractivity contribution in [3.05, 3.63) is 100 Å². The molecule has 5 rings (SSSR count). The van der Waals surface area contributed by atoms with E-state index in [1.54, 1.807) is 29.6 Å². The van der Waals surface area contributed by atoms with Crippen LogP contribution < -0.4 is 10.2 Å². The first kappa shape index (κ1) is 36.6. The van der Waals surface area contributed by atoms with Crippen LogP contribution in [-0.4, -0.2) is 39.5 Å². The van der Waals surface area contributed by atoms with E-state index in [2.05, 4.69) is 17.2 Å². The van der Waals surface area contributed by atoms with E-state index in [1.165, 1.54) is 60.8 Å². The van der Waals surface area contributed by atoms with Gasteiger partial charge >= 0.3 is 12.1 Å². The maximum absolute atomic E-state index is 13.6. The van der Waals surface area contributed by atoms with Crippen LogP contribution in [0.25, 0.3) is 10.6 Å². The minimum atomic E-state index is -4.58. The molecule has 4 aromatic rings. The summed E-state index contributed by atoms with van der Waals surface area (Å²) in [6, 6.07) is 14.4. The number of carboxylic acids is 1. The molecule has 50 heavy (non-hydrogen) atoms. The quantitative estimate of drug-likeness (QED) is 0.119. The lowest BCUT2D eigenvalue weighted by atomic mass is 9.79. The normalized spacial score (nSPS) is 16.2. The Labute approximate surface area is 293 Å². The van der Waals surface area contributed by atoms with Crippen molar-refractivity contribution >= 4 is 34.8 Å². The highest BCUT2D eigenvalue weighted by Crippen LogP contribution is 2.33. The van der Waals surface area contributed by atoms with Gasteiger partial charge in [0.05, 0.1) is 17.8 Å². The Morgan fingerprint density at radius 2 is 1.58 bits per heavy atom. The molecule has 1 fully saturated rings. The number of halogens is 3. The Kier molecular flexibility index (Phi) is 11.9. The van der Waals surface area contributed by atoms with Crippen LogP contribution >= 0.6 is 11.3 Å². The zero-order valence-electron chi connectivity index (χ0n) is 27.7. The molecular weight excluding hydrogens is 667 g/mol. The van der Waals surface area contributed by atoms with Gasteiger partial charge in [0.2, 0.25) is 0 Å². The number of phenols is 1. The Hall–Kier alpha value is -4.71. The second-order valence-corrected chi connectivity index (χ2v) is 13.6. The van der Waals surface area contributed by atoms with E-state index in [9.17, 15) is 37.8 Å². The number of benzene rings is 3. The third-order valence-corrected chi connectivity index (χ3v) is 10.2. The largest absolute Gasteiger partial charge is 0.507 e. The summed E-state index contributed by atoms with van der Waals surface area (Å²) in [5.74, 6) is -1.43. The summed E-state index contributed by atoms with van der Waals surface area (Å²) in [6.45, 7) is 2.75. The molecule has 0 radical (unpaired) electrons. The molecule has 264 valence electrons. The van der Waals surface area contributed by atoms with Crippen LogP contribution in [0.3, 0.4) is 0 Å². The number of hydrogen-bond donors (Lipinski definition) is 3. The number of aromatic hydroxyl groups is 1. The molecule has 1 aliphatic carbocycles. The summed E-state index contributed by atoms with van der Waals surface area (Å²) in [4.78, 5) is 44.1. The highest BCUT2D eigenvalue weighted by atomic mass is 32.1. The fourth-order valence-electron chi connectivity index (χ4n) is 6.29. The average Bonchev–Trinajstić information content (AvgIpc) is 3.58. The lowest BCUT2D eigenvalue weighted by Crippen LogP contribution is -2.31. The van der Waals surface area contributed by atoms with Crippen LogP contribution in [0, 0.1) is 11.8 Å². The van der Waals surface area contributed by atoms with Crippen molar-refractivity contribution < 1.29 is 37.8 Å². The Morgan fingerprint density at radius 3 is 2.22 bits per heavy atom. The van der Waals surface area contributed by atoms with Crippen LogP contribution in [-0.2, 0) is 12.7 Å². The van der Waals surface area contributed by atoms with Crippen LogP contribution in [0.4, 0.5) is 18.9 Å². The number of aromatic carboxylic acids is 1. The lowest BCUT2D eigenvalue weighted by Gasteiger charge is -2.28. The van der Waals surface area contributed by atoms with Gasteiger partial charge in [-0.3, -0.25) is 9.59 Å². The number of carboxylic acid groups (broad SMARTS) is 1. The standard InChI is InChI=1S/C38H40F3N3O5S/c1-2-3-4-5-24-6-8-25(9-7-24)21-42-34(46)26-10-12-27(13-11-26)35-43-30(23-50-35)22-44(31-18-19-33(45)32(20-31)37(48)49)36(47)28-14-16-29(17-15-28)38(39,40)41/h10-20,23-25,45H,2-9,21-22H2,1H3,(H,42,46)(H,48,49). The first-order valence-electron chi connectivity index (χ1n) is 16.8. The highest BCUT2D eigenvalue weighted by Gasteiger charge is 2.31. The summed E-state index contributed by atoms with van der Waals surface area (Å²) in [6.07, 6.45) is 5.32. The number of carbonyl (C=O) groups excluding carboxylic acids is 2. The second-order valence-electron chi connectivity index (χ2n) is 12.8. The van der Waals surface area contributed by atoms with E-state index in [-0.39, 0.29) is 23.7 Å². The number of aromatic nitrogens is 1. The van der Waals surface area contributed by atoms with Gasteiger partial charge in [0.25, 0.3) is 11.8 Å². The molecular formula is C38H40F3N3O5S. The summed E-state index contributed by atoms with van der Waals surface area (Å²) >= 11 is 1.30. The van der Waals surface area contributed by atoms with E-state index >= 15 is 0 Å². The molecule has 3 aromatic carbocycles. The third-order valence-electron chi connectivity index (χ3n) is 9.23. The second kappa shape index (κ2) is 16.3. The number of hydrogen-bond acceptors (Lipinski definition) is 6. The average molecular weight is 708 g/mol. The molecule has 0 unspecified atom stereocenters. The van der Waals surface area contributed by atoms with Gasteiger partial charge in [0.15, 0.2) is 0 Å². The molecule has 1 heterocycles. The monoisotopic (exact) mass is 707 g/mol. The molecule has 3 N–H and O–H groups in total. The number of anilines is 1. The van der Waals surface area contributed by atoms with Crippen molar-refractivity contribution in [1.29, 1.82) is 0 Å². The van der Waals surface area contributed by atoms with Crippen molar-refractivity contribution in [2.75, 3.05) is 11.4 Å². The van der Waals surface area contributed by atoms with Gasteiger partial charge in [-0.1, -0.05) is 57.6 Å². The zero-order chi connectivity index (χ0) is 35.8. The molecule has 0 saturated heterocycles. The molecule has 0 aliphatic heterocycles. The van der Waals surface area contributed by atoms with E-state index in [0.29, 0.717) is 28.7 Å². The fourth-order valence-corrected chi connectivity index (χ4v) is 7.10. The van der Waals surface area contributed by atoms with Gasteiger partial charge in [0, 0.05) is 34.3 Å². The van der Waals surface area contributed by atoms with E-state index in [1.807, 2.05) is 0 Å². The first-order chi connectivity index (χ1) is 23.9. The van der Waals surface area contributed by atoms with E-state index in [0.717, 1.165) is 60.7 Å². The molecule has 0 atom stereocenters. The molecule has 12 heteroatoms. The maximum atomic E-state index is 13.6. The number of amides is 2. The van der Waals surface area contributed by atoms with Gasteiger partial charge in [0.1, 0.15) is 16.3 Å². The number of nitrogens with zero attached hydrogens (tertiary/aromatic N) is 2. The Bertz CT molecular complexity index is 1780. The van der Waals surface area contributed by atoms with Crippen molar-refractivity contribution in [3.8, 4) is 16.3 Å². The van der Waals surface area contributed by atoms with Gasteiger partial charge in [-0.2, -0.15) is 13.2 Å². The van der Waals surface area contributed by atoms with Crippen molar-refractivity contribution in [2.45, 2.75) is 71.0 Å². The predicted molar refractivity (Wildman–Crippen MR) is 186 cm³/mol. The molecule has 0 bridgehead atoms. The number of alkyl halides is 3. The third kappa shape index (κ3) is 9.29. The minimum Gasteiger partial charge on any atom is -0.507 e. The lowest BCUT2D eigenvalue weighted by molar-refractivity contribution is -0.137. The van der Waals surface area contributed by atoms with E-state index in [4.69, 9.17) is 0 Å².